The van der Waals surface area contributed by atoms with Crippen LogP contribution in [0.2, 0.25) is 0 Å². The van der Waals surface area contributed by atoms with Crippen molar-refractivity contribution in [1.82, 2.24) is 24.0 Å². The van der Waals surface area contributed by atoms with Gasteiger partial charge in [-0.05, 0) is 12.1 Å². The van der Waals surface area contributed by atoms with E-state index in [-0.39, 0.29) is 28.5 Å². The van der Waals surface area contributed by atoms with E-state index in [0.29, 0.717) is 37.1 Å². The third-order valence-electron chi connectivity index (χ3n) is 4.70. The van der Waals surface area contributed by atoms with Gasteiger partial charge in [0.05, 0.1) is 25.2 Å². The van der Waals surface area contributed by atoms with Crippen LogP contribution in [0.5, 0.6) is 0 Å². The van der Waals surface area contributed by atoms with Crippen molar-refractivity contribution in [3.05, 3.63) is 39.2 Å². The molecule has 0 spiro atoms. The molecule has 4 heterocycles. The molecule has 0 aliphatic carbocycles. The first-order valence-electron chi connectivity index (χ1n) is 8.97. The van der Waals surface area contributed by atoms with Gasteiger partial charge in [0.1, 0.15) is 10.4 Å². The molecule has 11 heteroatoms. The lowest BCUT2D eigenvalue weighted by molar-refractivity contribution is -0.132. The number of hydrogen-bond donors (Lipinski definition) is 0. The highest BCUT2D eigenvalue weighted by Gasteiger charge is 2.22. The van der Waals surface area contributed by atoms with Gasteiger partial charge in [-0.25, -0.2) is 14.8 Å². The summed E-state index contributed by atoms with van der Waals surface area (Å²) in [6.07, 6.45) is 1.49. The molecule has 3 aromatic heterocycles. The number of carbonyl (C=O) groups is 1. The second kappa shape index (κ2) is 7.84. The molecule has 1 aliphatic heterocycles. The fourth-order valence-electron chi connectivity index (χ4n) is 3.08. The molecule has 1 amide bonds. The Morgan fingerprint density at radius 2 is 1.93 bits per heavy atom. The van der Waals surface area contributed by atoms with Crippen LogP contribution in [-0.2, 0) is 23.6 Å². The number of ether oxygens (including phenoxy) is 1. The first kappa shape index (κ1) is 19.4. The number of nitrogens with zero attached hydrogens (tertiary/aromatic N) is 5. The number of carbonyl (C=O) groups excluding carboxylic acids is 1. The lowest BCUT2D eigenvalue weighted by Gasteiger charge is -2.26. The standard InChI is InChI=1S/C18H19N5O5S/c1-21-15-13(17(25)22(2)18(21)26)16(20-14(19-15)11-4-3-7-28-11)29-10-12(24)23-5-8-27-9-6-23/h3-4,7H,5-6,8-10H2,1-2H3. The van der Waals surface area contributed by atoms with Crippen LogP contribution in [0.4, 0.5) is 0 Å². The first-order chi connectivity index (χ1) is 14.0. The minimum Gasteiger partial charge on any atom is -0.461 e. The lowest BCUT2D eigenvalue weighted by atomic mass is 10.3. The van der Waals surface area contributed by atoms with Gasteiger partial charge in [0, 0.05) is 27.2 Å². The van der Waals surface area contributed by atoms with Gasteiger partial charge in [0.15, 0.2) is 17.2 Å². The van der Waals surface area contributed by atoms with Crippen molar-refractivity contribution in [1.29, 1.82) is 0 Å². The number of aromatic nitrogens is 4. The number of amides is 1. The molecule has 0 atom stereocenters. The number of fused-ring (bicyclic) bond motifs is 1. The third kappa shape index (κ3) is 3.58. The Kier molecular flexibility index (Phi) is 5.24. The number of thioether (sulfide) groups is 1. The van der Waals surface area contributed by atoms with E-state index in [9.17, 15) is 14.4 Å². The smallest absolute Gasteiger partial charge is 0.332 e. The quantitative estimate of drug-likeness (QED) is 0.438. The highest BCUT2D eigenvalue weighted by molar-refractivity contribution is 8.00. The van der Waals surface area contributed by atoms with Gasteiger partial charge in [-0.2, -0.15) is 0 Å². The van der Waals surface area contributed by atoms with E-state index in [1.54, 1.807) is 17.0 Å². The molecule has 0 unspecified atom stereocenters. The molecule has 10 nitrogen and oxygen atoms in total. The van der Waals surface area contributed by atoms with Crippen LogP contribution in [0.1, 0.15) is 0 Å². The third-order valence-corrected chi connectivity index (χ3v) is 5.66. The fourth-order valence-corrected chi connectivity index (χ4v) is 4.00. The molecule has 0 saturated carbocycles. The molecule has 152 valence electrons. The van der Waals surface area contributed by atoms with Gasteiger partial charge in [-0.3, -0.25) is 18.7 Å². The van der Waals surface area contributed by atoms with Crippen LogP contribution in [0, 0.1) is 0 Å². The summed E-state index contributed by atoms with van der Waals surface area (Å²) in [4.78, 5) is 48.2. The van der Waals surface area contributed by atoms with E-state index in [1.807, 2.05) is 0 Å². The molecule has 0 N–H and O–H groups in total. The topological polar surface area (TPSA) is 112 Å². The Bertz CT molecular complexity index is 1180. The van der Waals surface area contributed by atoms with Crippen LogP contribution in [0.15, 0.2) is 37.4 Å². The molecule has 1 aliphatic rings. The second-order valence-electron chi connectivity index (χ2n) is 6.52. The monoisotopic (exact) mass is 417 g/mol. The van der Waals surface area contributed by atoms with E-state index in [0.717, 1.165) is 16.3 Å². The van der Waals surface area contributed by atoms with E-state index < -0.39 is 11.2 Å². The van der Waals surface area contributed by atoms with Gasteiger partial charge >= 0.3 is 5.69 Å². The van der Waals surface area contributed by atoms with Crippen molar-refractivity contribution in [3.63, 3.8) is 0 Å². The van der Waals surface area contributed by atoms with Gasteiger partial charge in [-0.15, -0.1) is 0 Å². The van der Waals surface area contributed by atoms with Crippen LogP contribution in [0.3, 0.4) is 0 Å². The van der Waals surface area contributed by atoms with Crippen molar-refractivity contribution in [2.45, 2.75) is 5.03 Å². The summed E-state index contributed by atoms with van der Waals surface area (Å²) in [6.45, 7) is 2.10. The van der Waals surface area contributed by atoms with E-state index in [1.165, 1.54) is 24.9 Å². The predicted molar refractivity (Wildman–Crippen MR) is 106 cm³/mol. The average Bonchev–Trinajstić information content (AvgIpc) is 3.29. The largest absolute Gasteiger partial charge is 0.461 e. The van der Waals surface area contributed by atoms with Crippen LogP contribution in [-0.4, -0.2) is 62.0 Å². The molecule has 29 heavy (non-hydrogen) atoms. The van der Waals surface area contributed by atoms with Crippen molar-refractivity contribution in [3.8, 4) is 11.6 Å². The van der Waals surface area contributed by atoms with Gasteiger partial charge in [0.25, 0.3) is 5.56 Å². The normalized spacial score (nSPS) is 14.5. The Labute approximate surface area is 169 Å². The summed E-state index contributed by atoms with van der Waals surface area (Å²) >= 11 is 1.15. The first-order valence-corrected chi connectivity index (χ1v) is 9.96. The lowest BCUT2D eigenvalue weighted by Crippen LogP contribution is -2.41. The second-order valence-corrected chi connectivity index (χ2v) is 7.48. The summed E-state index contributed by atoms with van der Waals surface area (Å²) in [7, 11) is 2.94. The SMILES string of the molecule is Cn1c(=O)c2c(SCC(=O)N3CCOCC3)nc(-c3ccco3)nc2n(C)c1=O. The maximum atomic E-state index is 12.8. The van der Waals surface area contributed by atoms with Crippen LogP contribution >= 0.6 is 11.8 Å². The van der Waals surface area contributed by atoms with Crippen molar-refractivity contribution in [2.75, 3.05) is 32.1 Å². The number of morpholine rings is 1. The Morgan fingerprint density at radius 1 is 1.17 bits per heavy atom. The molecule has 1 fully saturated rings. The predicted octanol–water partition coefficient (Wildman–Crippen LogP) is 0.238. The highest BCUT2D eigenvalue weighted by atomic mass is 32.2. The molecule has 4 rings (SSSR count). The zero-order valence-corrected chi connectivity index (χ0v) is 16.8. The zero-order valence-electron chi connectivity index (χ0n) is 16.0. The minimum atomic E-state index is -0.504. The molecule has 0 aromatic carbocycles. The molecule has 3 aromatic rings. The fraction of sp³-hybridized carbons (Fsp3) is 0.389. The Hall–Kier alpha value is -2.92. The molecular weight excluding hydrogens is 398 g/mol. The van der Waals surface area contributed by atoms with Crippen molar-refractivity contribution in [2.24, 2.45) is 14.1 Å². The van der Waals surface area contributed by atoms with E-state index >= 15 is 0 Å². The Balaban J connectivity index is 1.79. The molecule has 0 radical (unpaired) electrons. The van der Waals surface area contributed by atoms with Crippen molar-refractivity contribution < 1.29 is 13.9 Å². The molecule has 1 saturated heterocycles. The molecule has 0 bridgehead atoms. The maximum Gasteiger partial charge on any atom is 0.332 e. The summed E-state index contributed by atoms with van der Waals surface area (Å²) in [5.74, 6) is 0.690. The average molecular weight is 417 g/mol. The van der Waals surface area contributed by atoms with E-state index in [2.05, 4.69) is 9.97 Å². The van der Waals surface area contributed by atoms with Gasteiger partial charge in [0.2, 0.25) is 5.91 Å². The summed E-state index contributed by atoms with van der Waals surface area (Å²) < 4.78 is 12.9. The van der Waals surface area contributed by atoms with Crippen LogP contribution < -0.4 is 11.2 Å². The van der Waals surface area contributed by atoms with Crippen LogP contribution in [0.25, 0.3) is 22.6 Å². The van der Waals surface area contributed by atoms with E-state index in [4.69, 9.17) is 9.15 Å². The number of furan rings is 1. The summed E-state index contributed by atoms with van der Waals surface area (Å²) in [5, 5.41) is 0.531. The summed E-state index contributed by atoms with van der Waals surface area (Å²) in [6, 6.07) is 3.38. The summed E-state index contributed by atoms with van der Waals surface area (Å²) in [5.41, 5.74) is -0.803. The van der Waals surface area contributed by atoms with Gasteiger partial charge < -0.3 is 14.1 Å². The number of aryl methyl sites for hydroxylation is 1. The Morgan fingerprint density at radius 3 is 2.62 bits per heavy atom. The number of rotatable bonds is 4. The van der Waals surface area contributed by atoms with Gasteiger partial charge in [-0.1, -0.05) is 11.8 Å². The zero-order chi connectivity index (χ0) is 20.5. The van der Waals surface area contributed by atoms with Crippen molar-refractivity contribution >= 4 is 28.7 Å². The molecular formula is C18H19N5O5S. The number of hydrogen-bond acceptors (Lipinski definition) is 8. The minimum absolute atomic E-state index is 0.0637. The highest BCUT2D eigenvalue weighted by Crippen LogP contribution is 2.26. The maximum absolute atomic E-state index is 12.8.